The summed E-state index contributed by atoms with van der Waals surface area (Å²) >= 11 is 0. The average molecular weight is 386 g/mol. The molecule has 0 spiro atoms. The Morgan fingerprint density at radius 3 is 2.62 bits per heavy atom. The number of nitriles is 1. The summed E-state index contributed by atoms with van der Waals surface area (Å²) in [5.74, 6) is 0.0297. The van der Waals surface area contributed by atoms with Crippen LogP contribution in [0, 0.1) is 29.1 Å². The fourth-order valence-electron chi connectivity index (χ4n) is 5.03. The van der Waals surface area contributed by atoms with Crippen molar-refractivity contribution in [3.8, 4) is 6.07 Å². The first-order chi connectivity index (χ1) is 12.2. The van der Waals surface area contributed by atoms with E-state index in [9.17, 15) is 21.6 Å². The first-order valence-electron chi connectivity index (χ1n) is 8.34. The number of hydrogen-bond donors (Lipinski definition) is 0. The molecule has 5 nitrogen and oxygen atoms in total. The number of benzene rings is 1. The van der Waals surface area contributed by atoms with Crippen molar-refractivity contribution < 1.29 is 26.3 Å². The van der Waals surface area contributed by atoms with Crippen molar-refractivity contribution in [3.63, 3.8) is 0 Å². The highest BCUT2D eigenvalue weighted by Crippen LogP contribution is 2.56. The number of fused-ring (bicyclic) bond motifs is 5. The van der Waals surface area contributed by atoms with Crippen LogP contribution >= 0.6 is 0 Å². The van der Waals surface area contributed by atoms with Crippen molar-refractivity contribution in [2.75, 3.05) is 18.0 Å². The van der Waals surface area contributed by atoms with E-state index >= 15 is 0 Å². The van der Waals surface area contributed by atoms with E-state index in [0.29, 0.717) is 0 Å². The van der Waals surface area contributed by atoms with Crippen molar-refractivity contribution in [1.82, 2.24) is 0 Å². The average Bonchev–Trinajstić information content (AvgIpc) is 3.23. The van der Waals surface area contributed by atoms with Crippen LogP contribution in [0.15, 0.2) is 18.2 Å². The minimum Gasteiger partial charge on any atom is -0.381 e. The normalized spacial score (nSPS) is 34.7. The van der Waals surface area contributed by atoms with Crippen molar-refractivity contribution in [2.24, 2.45) is 17.8 Å². The monoisotopic (exact) mass is 386 g/mol. The van der Waals surface area contributed by atoms with Crippen LogP contribution in [-0.2, 0) is 20.9 Å². The molecule has 5 atom stereocenters. The third-order valence-electron chi connectivity index (χ3n) is 6.08. The SMILES string of the molecule is CO[C@H]1C[C@H]2C[C@@H]1[C@@H]1[C@H]2CN(c2ccc(C#N)c(C(F)(F)F)c2)S1(=O)=O. The maximum atomic E-state index is 13.2. The largest absolute Gasteiger partial charge is 0.417 e. The Bertz CT molecular complexity index is 893. The van der Waals surface area contributed by atoms with E-state index < -0.39 is 32.6 Å². The van der Waals surface area contributed by atoms with E-state index in [1.165, 1.54) is 12.1 Å². The van der Waals surface area contributed by atoms with E-state index in [1.807, 2.05) is 0 Å². The molecule has 2 aliphatic carbocycles. The van der Waals surface area contributed by atoms with Gasteiger partial charge in [-0.2, -0.15) is 18.4 Å². The van der Waals surface area contributed by atoms with E-state index in [-0.39, 0.29) is 36.1 Å². The van der Waals surface area contributed by atoms with Gasteiger partial charge in [0.1, 0.15) is 0 Å². The summed E-state index contributed by atoms with van der Waals surface area (Å²) in [6.45, 7) is 0.188. The predicted molar refractivity (Wildman–Crippen MR) is 86.7 cm³/mol. The summed E-state index contributed by atoms with van der Waals surface area (Å²) in [4.78, 5) is 0. The van der Waals surface area contributed by atoms with Crippen molar-refractivity contribution in [2.45, 2.75) is 30.4 Å². The van der Waals surface area contributed by atoms with E-state index in [0.717, 1.165) is 29.3 Å². The number of methoxy groups -OCH3 is 1. The van der Waals surface area contributed by atoms with Crippen LogP contribution in [0.25, 0.3) is 0 Å². The van der Waals surface area contributed by atoms with Gasteiger partial charge in [-0.3, -0.25) is 4.31 Å². The van der Waals surface area contributed by atoms with Gasteiger partial charge in [-0.05, 0) is 42.9 Å². The molecular weight excluding hydrogens is 369 g/mol. The predicted octanol–water partition coefficient (Wildman–Crippen LogP) is 2.77. The molecule has 3 aliphatic rings. The summed E-state index contributed by atoms with van der Waals surface area (Å²) in [6, 6.07) is 4.60. The fraction of sp³-hybridized carbons (Fsp3) is 0.588. The van der Waals surface area contributed by atoms with Gasteiger partial charge in [0.05, 0.1) is 34.2 Å². The lowest BCUT2D eigenvalue weighted by atomic mass is 9.86. The highest BCUT2D eigenvalue weighted by atomic mass is 32.2. The Morgan fingerprint density at radius 2 is 2.00 bits per heavy atom. The van der Waals surface area contributed by atoms with Gasteiger partial charge in [-0.1, -0.05) is 0 Å². The zero-order valence-corrected chi connectivity index (χ0v) is 14.7. The molecule has 1 aromatic rings. The van der Waals surface area contributed by atoms with E-state index in [1.54, 1.807) is 7.11 Å². The quantitative estimate of drug-likeness (QED) is 0.784. The number of halogens is 3. The number of alkyl halides is 3. The van der Waals surface area contributed by atoms with E-state index in [4.69, 9.17) is 10.00 Å². The molecule has 1 aliphatic heterocycles. The maximum Gasteiger partial charge on any atom is 0.417 e. The van der Waals surface area contributed by atoms with Gasteiger partial charge in [0.25, 0.3) is 0 Å². The second-order valence-electron chi connectivity index (χ2n) is 7.21. The first kappa shape index (κ1) is 17.6. The number of rotatable bonds is 2. The lowest BCUT2D eigenvalue weighted by Crippen LogP contribution is -2.39. The molecule has 1 heterocycles. The zero-order valence-electron chi connectivity index (χ0n) is 13.9. The number of hydrogen-bond acceptors (Lipinski definition) is 4. The molecule has 1 saturated heterocycles. The Balaban J connectivity index is 1.74. The minimum atomic E-state index is -4.72. The van der Waals surface area contributed by atoms with Crippen LogP contribution in [0.1, 0.15) is 24.0 Å². The number of sulfonamides is 1. The second kappa shape index (κ2) is 5.60. The molecule has 2 bridgehead atoms. The molecule has 0 N–H and O–H groups in total. The number of anilines is 1. The van der Waals surface area contributed by atoms with Gasteiger partial charge in [0.2, 0.25) is 10.0 Å². The Hall–Kier alpha value is -1.79. The molecule has 26 heavy (non-hydrogen) atoms. The maximum absolute atomic E-state index is 13.2. The Labute approximate surface area is 149 Å². The van der Waals surface area contributed by atoms with Crippen LogP contribution in [0.5, 0.6) is 0 Å². The Kier molecular flexibility index (Phi) is 3.80. The molecular formula is C17H17F3N2O3S. The summed E-state index contributed by atoms with van der Waals surface area (Å²) in [6.07, 6.45) is -3.24. The molecule has 4 rings (SSSR count). The van der Waals surface area contributed by atoms with Gasteiger partial charge in [0.15, 0.2) is 0 Å². The van der Waals surface area contributed by atoms with Crippen LogP contribution in [0.4, 0.5) is 18.9 Å². The lowest BCUT2D eigenvalue weighted by molar-refractivity contribution is -0.137. The van der Waals surface area contributed by atoms with Gasteiger partial charge in [0, 0.05) is 19.6 Å². The molecule has 1 aromatic carbocycles. The van der Waals surface area contributed by atoms with Crippen LogP contribution in [0.3, 0.4) is 0 Å². The fourth-order valence-corrected chi connectivity index (χ4v) is 7.59. The third kappa shape index (κ3) is 2.35. The number of nitrogens with zero attached hydrogens (tertiary/aromatic N) is 2. The molecule has 9 heteroatoms. The van der Waals surface area contributed by atoms with Crippen molar-refractivity contribution >= 4 is 15.7 Å². The van der Waals surface area contributed by atoms with Gasteiger partial charge in [-0.25, -0.2) is 8.42 Å². The van der Waals surface area contributed by atoms with Crippen molar-refractivity contribution in [3.05, 3.63) is 29.3 Å². The molecule has 3 fully saturated rings. The van der Waals surface area contributed by atoms with Crippen LogP contribution in [0.2, 0.25) is 0 Å². The molecule has 2 saturated carbocycles. The standard InChI is InChI=1S/C17H17F3N2O3S/c1-25-15-5-10-4-12(15)16-13(10)8-22(26(16,23)24)11-3-2-9(7-21)14(6-11)17(18,19)20/h2-3,6,10,12-13,15-16H,4-5,8H2,1H3/t10-,12+,13+,15+,16-/m1/s1. The second-order valence-corrected chi connectivity index (χ2v) is 9.23. The smallest absolute Gasteiger partial charge is 0.381 e. The topological polar surface area (TPSA) is 70.4 Å². The van der Waals surface area contributed by atoms with E-state index in [2.05, 4.69) is 0 Å². The van der Waals surface area contributed by atoms with Crippen molar-refractivity contribution in [1.29, 1.82) is 5.26 Å². The minimum absolute atomic E-state index is 0.0286. The Morgan fingerprint density at radius 1 is 1.27 bits per heavy atom. The molecule has 140 valence electrons. The summed E-state index contributed by atoms with van der Waals surface area (Å²) < 4.78 is 72.3. The van der Waals surface area contributed by atoms with Gasteiger partial charge < -0.3 is 4.74 Å². The highest BCUT2D eigenvalue weighted by molar-refractivity contribution is 7.93. The summed E-state index contributed by atoms with van der Waals surface area (Å²) in [5.41, 5.74) is -1.65. The molecule has 0 unspecified atom stereocenters. The zero-order chi connectivity index (χ0) is 18.9. The highest BCUT2D eigenvalue weighted by Gasteiger charge is 2.63. The lowest BCUT2D eigenvalue weighted by Gasteiger charge is -2.28. The van der Waals surface area contributed by atoms with Crippen LogP contribution in [-0.4, -0.2) is 33.4 Å². The summed E-state index contributed by atoms with van der Waals surface area (Å²) in [7, 11) is -2.20. The first-order valence-corrected chi connectivity index (χ1v) is 9.84. The van der Waals surface area contributed by atoms with Gasteiger partial charge in [-0.15, -0.1) is 0 Å². The van der Waals surface area contributed by atoms with Crippen LogP contribution < -0.4 is 4.31 Å². The summed E-state index contributed by atoms with van der Waals surface area (Å²) in [5, 5.41) is 8.31. The molecule has 0 radical (unpaired) electrons. The molecule has 0 aromatic heterocycles. The number of ether oxygens (including phenoxy) is 1. The van der Waals surface area contributed by atoms with Gasteiger partial charge >= 0.3 is 6.18 Å². The molecule has 0 amide bonds. The third-order valence-corrected chi connectivity index (χ3v) is 8.45.